The Kier molecular flexibility index (Phi) is 11.4. The van der Waals surface area contributed by atoms with Gasteiger partial charge in [0.25, 0.3) is 11.8 Å². The first kappa shape index (κ1) is 35.5. The van der Waals surface area contributed by atoms with E-state index in [9.17, 15) is 9.59 Å². The van der Waals surface area contributed by atoms with Gasteiger partial charge in [0.2, 0.25) is 0 Å². The SMILES string of the molecule is O=C(NCCCN1CCN(CCCNC(=O)c2cc(-c3ccccc3Cl)nc3ccccc23)CC1)c1cc(-c2ccccc2Cl)nc2ccccc12. The minimum Gasteiger partial charge on any atom is -0.352 e. The maximum Gasteiger partial charge on any atom is 0.252 e. The average Bonchev–Trinajstić information content (AvgIpc) is 3.18. The average molecular weight is 732 g/mol. The third kappa shape index (κ3) is 8.27. The van der Waals surface area contributed by atoms with Crippen molar-refractivity contribution >= 4 is 56.8 Å². The van der Waals surface area contributed by atoms with E-state index in [0.29, 0.717) is 45.6 Å². The number of fused-ring (bicyclic) bond motifs is 2. The molecule has 10 heteroatoms. The van der Waals surface area contributed by atoms with Crippen LogP contribution in [0.4, 0.5) is 0 Å². The lowest BCUT2D eigenvalue weighted by atomic mass is 10.0. The maximum absolute atomic E-state index is 13.4. The van der Waals surface area contributed by atoms with Crippen LogP contribution in [-0.2, 0) is 0 Å². The summed E-state index contributed by atoms with van der Waals surface area (Å²) in [6.07, 6.45) is 1.72. The molecule has 3 heterocycles. The van der Waals surface area contributed by atoms with Crippen LogP contribution in [0.5, 0.6) is 0 Å². The summed E-state index contributed by atoms with van der Waals surface area (Å²) in [6.45, 7) is 6.92. The Bertz CT molecular complexity index is 2060. The molecule has 2 N–H and O–H groups in total. The fraction of sp³-hybridized carbons (Fsp3) is 0.238. The highest BCUT2D eigenvalue weighted by molar-refractivity contribution is 6.33. The fourth-order valence-corrected chi connectivity index (χ4v) is 7.24. The largest absolute Gasteiger partial charge is 0.352 e. The molecule has 1 aliphatic rings. The smallest absolute Gasteiger partial charge is 0.252 e. The van der Waals surface area contributed by atoms with Crippen molar-refractivity contribution in [1.29, 1.82) is 0 Å². The molecule has 2 amide bonds. The van der Waals surface area contributed by atoms with Crippen molar-refractivity contribution in [2.24, 2.45) is 0 Å². The molecule has 6 aromatic rings. The summed E-state index contributed by atoms with van der Waals surface area (Å²) in [4.78, 5) is 41.2. The van der Waals surface area contributed by atoms with Crippen LogP contribution in [0.2, 0.25) is 10.0 Å². The summed E-state index contributed by atoms with van der Waals surface area (Å²) in [5.74, 6) is -0.219. The molecule has 0 bridgehead atoms. The minimum atomic E-state index is -0.109. The van der Waals surface area contributed by atoms with E-state index in [1.807, 2.05) is 109 Å². The lowest BCUT2D eigenvalue weighted by Gasteiger charge is -2.34. The monoisotopic (exact) mass is 730 g/mol. The van der Waals surface area contributed by atoms with E-state index in [1.165, 1.54) is 0 Å². The Morgan fingerprint density at radius 2 is 0.942 bits per heavy atom. The summed E-state index contributed by atoms with van der Waals surface area (Å²) in [5, 5.41) is 9.10. The zero-order valence-corrected chi connectivity index (χ0v) is 30.3. The number of nitrogens with one attached hydrogen (secondary N) is 2. The van der Waals surface area contributed by atoms with Gasteiger partial charge in [-0.25, -0.2) is 9.97 Å². The van der Waals surface area contributed by atoms with Crippen molar-refractivity contribution in [3.05, 3.63) is 130 Å². The number of aromatic nitrogens is 2. The quantitative estimate of drug-likeness (QED) is 0.124. The van der Waals surface area contributed by atoms with Crippen LogP contribution >= 0.6 is 23.2 Å². The second-order valence-electron chi connectivity index (χ2n) is 13.0. The van der Waals surface area contributed by atoms with Gasteiger partial charge in [0.1, 0.15) is 0 Å². The van der Waals surface area contributed by atoms with E-state index in [0.717, 1.165) is 85.0 Å². The normalized spacial score (nSPS) is 13.7. The van der Waals surface area contributed by atoms with Crippen molar-refractivity contribution in [3.8, 4) is 22.5 Å². The maximum atomic E-state index is 13.4. The molecule has 0 spiro atoms. The molecule has 1 saturated heterocycles. The number of nitrogens with zero attached hydrogens (tertiary/aromatic N) is 4. The van der Waals surface area contributed by atoms with E-state index in [-0.39, 0.29) is 11.8 Å². The van der Waals surface area contributed by atoms with E-state index in [2.05, 4.69) is 20.4 Å². The third-order valence-electron chi connectivity index (χ3n) is 9.56. The summed E-state index contributed by atoms with van der Waals surface area (Å²) in [7, 11) is 0. The molecule has 52 heavy (non-hydrogen) atoms. The van der Waals surface area contributed by atoms with Gasteiger partial charge >= 0.3 is 0 Å². The van der Waals surface area contributed by atoms with Gasteiger partial charge in [-0.15, -0.1) is 0 Å². The number of rotatable bonds is 12. The van der Waals surface area contributed by atoms with Gasteiger partial charge in [-0.05, 0) is 62.3 Å². The summed E-state index contributed by atoms with van der Waals surface area (Å²) < 4.78 is 0. The number of halogens is 2. The van der Waals surface area contributed by atoms with Crippen molar-refractivity contribution in [3.63, 3.8) is 0 Å². The van der Waals surface area contributed by atoms with Crippen molar-refractivity contribution in [2.75, 3.05) is 52.4 Å². The van der Waals surface area contributed by atoms with Crippen LogP contribution < -0.4 is 10.6 Å². The molecule has 264 valence electrons. The van der Waals surface area contributed by atoms with E-state index in [4.69, 9.17) is 33.2 Å². The Morgan fingerprint density at radius 3 is 1.37 bits per heavy atom. The lowest BCUT2D eigenvalue weighted by Crippen LogP contribution is -2.47. The number of carbonyl (C=O) groups excluding carboxylic acids is 2. The molecule has 0 radical (unpaired) electrons. The van der Waals surface area contributed by atoms with E-state index < -0.39 is 0 Å². The van der Waals surface area contributed by atoms with E-state index >= 15 is 0 Å². The first-order valence-electron chi connectivity index (χ1n) is 17.7. The summed E-state index contributed by atoms with van der Waals surface area (Å²) in [6, 6.07) is 34.2. The molecule has 1 fully saturated rings. The number of piperazine rings is 1. The van der Waals surface area contributed by atoms with Gasteiger partial charge in [-0.1, -0.05) is 96.0 Å². The van der Waals surface area contributed by atoms with Crippen LogP contribution in [0.15, 0.2) is 109 Å². The Hall–Kier alpha value is -4.86. The topological polar surface area (TPSA) is 90.5 Å². The van der Waals surface area contributed by atoms with Gasteiger partial charge in [-0.3, -0.25) is 9.59 Å². The molecule has 0 unspecified atom stereocenters. The van der Waals surface area contributed by atoms with Crippen LogP contribution in [0, 0.1) is 0 Å². The highest BCUT2D eigenvalue weighted by Gasteiger charge is 2.19. The second kappa shape index (κ2) is 16.7. The Morgan fingerprint density at radius 1 is 0.558 bits per heavy atom. The van der Waals surface area contributed by atoms with Crippen molar-refractivity contribution < 1.29 is 9.59 Å². The molecule has 8 nitrogen and oxygen atoms in total. The number of hydrogen-bond acceptors (Lipinski definition) is 6. The predicted octanol–water partition coefficient (Wildman–Crippen LogP) is 7.98. The number of para-hydroxylation sites is 2. The van der Waals surface area contributed by atoms with Gasteiger partial charge in [0.15, 0.2) is 0 Å². The number of hydrogen-bond donors (Lipinski definition) is 2. The zero-order chi connectivity index (χ0) is 35.9. The fourth-order valence-electron chi connectivity index (χ4n) is 6.78. The number of amides is 2. The Balaban J connectivity index is 0.854. The van der Waals surface area contributed by atoms with Crippen LogP contribution in [0.25, 0.3) is 44.3 Å². The predicted molar refractivity (Wildman–Crippen MR) is 211 cm³/mol. The van der Waals surface area contributed by atoms with Crippen LogP contribution in [0.1, 0.15) is 33.6 Å². The number of carbonyl (C=O) groups is 2. The summed E-state index contributed by atoms with van der Waals surface area (Å²) >= 11 is 12.9. The molecule has 0 saturated carbocycles. The highest BCUT2D eigenvalue weighted by Crippen LogP contribution is 2.31. The molecule has 1 aliphatic heterocycles. The van der Waals surface area contributed by atoms with Crippen molar-refractivity contribution in [1.82, 2.24) is 30.4 Å². The third-order valence-corrected chi connectivity index (χ3v) is 10.2. The molecule has 0 aliphatic carbocycles. The molecule has 4 aromatic carbocycles. The number of benzene rings is 4. The summed E-state index contributed by atoms with van der Waals surface area (Å²) in [5.41, 5.74) is 5.68. The molecular weight excluding hydrogens is 691 g/mol. The van der Waals surface area contributed by atoms with Crippen LogP contribution in [0.3, 0.4) is 0 Å². The molecule has 7 rings (SSSR count). The minimum absolute atomic E-state index is 0.109. The van der Waals surface area contributed by atoms with Gasteiger partial charge in [0, 0.05) is 71.2 Å². The molecule has 2 aromatic heterocycles. The Labute approximate surface area is 313 Å². The lowest BCUT2D eigenvalue weighted by molar-refractivity contribution is 0.0936. The standard InChI is InChI=1S/C42H40Cl2N6O2/c43-35-15-5-1-13-31(35)39-27-33(29-11-3-7-17-37(29)47-39)41(51)45-19-9-21-49-23-25-50(26-24-49)22-10-20-46-42(52)34-28-40(32-14-2-6-16-36(32)44)48-38-18-8-4-12-30(34)38/h1-8,11-18,27-28H,9-10,19-26H2,(H,45,51)(H,46,52). The van der Waals surface area contributed by atoms with Crippen molar-refractivity contribution in [2.45, 2.75) is 12.8 Å². The highest BCUT2D eigenvalue weighted by atomic mass is 35.5. The first-order valence-corrected chi connectivity index (χ1v) is 18.5. The zero-order valence-electron chi connectivity index (χ0n) is 28.8. The first-order chi connectivity index (χ1) is 25.4. The molecule has 0 atom stereocenters. The van der Waals surface area contributed by atoms with E-state index in [1.54, 1.807) is 0 Å². The molecular formula is C42H40Cl2N6O2. The van der Waals surface area contributed by atoms with Gasteiger partial charge in [-0.2, -0.15) is 0 Å². The van der Waals surface area contributed by atoms with Gasteiger partial charge in [0.05, 0.1) is 33.5 Å². The number of pyridine rings is 2. The van der Waals surface area contributed by atoms with Gasteiger partial charge < -0.3 is 20.4 Å². The second-order valence-corrected chi connectivity index (χ2v) is 13.8. The van der Waals surface area contributed by atoms with Crippen LogP contribution in [-0.4, -0.2) is 83.9 Å².